The van der Waals surface area contributed by atoms with Crippen molar-refractivity contribution in [2.45, 2.75) is 20.0 Å². The van der Waals surface area contributed by atoms with E-state index in [0.717, 1.165) is 30.0 Å². The summed E-state index contributed by atoms with van der Waals surface area (Å²) in [7, 11) is 0. The lowest BCUT2D eigenvalue weighted by molar-refractivity contribution is 0.619. The van der Waals surface area contributed by atoms with Crippen molar-refractivity contribution in [3.63, 3.8) is 0 Å². The van der Waals surface area contributed by atoms with Gasteiger partial charge in [-0.1, -0.05) is 0 Å². The summed E-state index contributed by atoms with van der Waals surface area (Å²) in [5, 5.41) is 6.30. The van der Waals surface area contributed by atoms with Gasteiger partial charge in [-0.05, 0) is 30.7 Å². The predicted octanol–water partition coefficient (Wildman–Crippen LogP) is 2.69. The Kier molecular flexibility index (Phi) is 3.97. The van der Waals surface area contributed by atoms with Crippen LogP contribution in [0.2, 0.25) is 0 Å². The molecule has 2 heterocycles. The molecule has 0 atom stereocenters. The Morgan fingerprint density at radius 1 is 1.32 bits per heavy atom. The zero-order chi connectivity index (χ0) is 12.5. The van der Waals surface area contributed by atoms with Crippen molar-refractivity contribution in [1.82, 2.24) is 15.3 Å². The maximum atomic E-state index is 13.2. The monoisotopic (exact) mass is 280 g/mol. The number of nitrogens with zero attached hydrogens (tertiary/aromatic N) is 2. The molecule has 1 aliphatic rings. The van der Waals surface area contributed by atoms with Crippen molar-refractivity contribution in [3.8, 4) is 0 Å². The first-order valence-electron chi connectivity index (χ1n) is 5.81. The minimum Gasteiger partial charge on any atom is -0.324 e. The molecule has 2 N–H and O–H groups in total. The zero-order valence-corrected chi connectivity index (χ0v) is 11.2. The molecule has 0 saturated carbocycles. The summed E-state index contributed by atoms with van der Waals surface area (Å²) in [4.78, 5) is 8.66. The highest BCUT2D eigenvalue weighted by atomic mass is 35.5. The van der Waals surface area contributed by atoms with Crippen LogP contribution in [0.25, 0.3) is 0 Å². The Labute approximate surface area is 116 Å². The topological polar surface area (TPSA) is 49.8 Å². The molecule has 0 aliphatic carbocycles. The second-order valence-electron chi connectivity index (χ2n) is 4.36. The maximum Gasteiger partial charge on any atom is 0.227 e. The molecule has 3 rings (SSSR count). The van der Waals surface area contributed by atoms with Crippen LogP contribution in [-0.2, 0) is 13.1 Å². The van der Waals surface area contributed by atoms with Gasteiger partial charge in [0.15, 0.2) is 0 Å². The molecule has 0 radical (unpaired) electrons. The van der Waals surface area contributed by atoms with Gasteiger partial charge in [-0.3, -0.25) is 0 Å². The molecule has 1 aromatic heterocycles. The molecule has 0 amide bonds. The fraction of sp³-hybridized carbons (Fsp3) is 0.231. The van der Waals surface area contributed by atoms with Crippen LogP contribution in [0.4, 0.5) is 16.0 Å². The summed E-state index contributed by atoms with van der Waals surface area (Å²) in [5.41, 5.74) is 3.55. The van der Waals surface area contributed by atoms with E-state index >= 15 is 0 Å². The number of aryl methyl sites for hydroxylation is 1. The Bertz CT molecular complexity index is 603. The fourth-order valence-corrected chi connectivity index (χ4v) is 1.97. The predicted molar refractivity (Wildman–Crippen MR) is 74.2 cm³/mol. The zero-order valence-electron chi connectivity index (χ0n) is 10.4. The number of anilines is 2. The normalized spacial score (nSPS) is 12.7. The average Bonchev–Trinajstić information content (AvgIpc) is 2.81. The smallest absolute Gasteiger partial charge is 0.227 e. The lowest BCUT2D eigenvalue weighted by atomic mass is 10.2. The van der Waals surface area contributed by atoms with Crippen LogP contribution in [0.15, 0.2) is 24.4 Å². The number of hydrogen-bond donors (Lipinski definition) is 2. The number of benzene rings is 1. The Hall–Kier alpha value is -1.72. The third-order valence-electron chi connectivity index (χ3n) is 2.98. The summed E-state index contributed by atoms with van der Waals surface area (Å²) in [5.74, 6) is 0.336. The largest absolute Gasteiger partial charge is 0.324 e. The standard InChI is InChI=1S/C13H13FN4.ClH/c1-8-4-10(2-3-11(8)14)17-13-16-6-9-5-15-7-12(9)18-13;/h2-4,6,15H,5,7H2,1H3,(H,16,17,18);1H. The van der Waals surface area contributed by atoms with Gasteiger partial charge < -0.3 is 10.6 Å². The molecule has 19 heavy (non-hydrogen) atoms. The number of nitrogens with one attached hydrogen (secondary N) is 2. The van der Waals surface area contributed by atoms with Crippen LogP contribution < -0.4 is 10.6 Å². The maximum absolute atomic E-state index is 13.2. The molecule has 6 heteroatoms. The van der Waals surface area contributed by atoms with Crippen molar-refractivity contribution in [3.05, 3.63) is 47.0 Å². The van der Waals surface area contributed by atoms with E-state index in [9.17, 15) is 4.39 Å². The van der Waals surface area contributed by atoms with E-state index in [2.05, 4.69) is 20.6 Å². The van der Waals surface area contributed by atoms with E-state index in [1.807, 2.05) is 6.20 Å². The van der Waals surface area contributed by atoms with Gasteiger partial charge in [0, 0.05) is 30.5 Å². The highest BCUT2D eigenvalue weighted by Gasteiger charge is 2.12. The SMILES string of the molecule is Cc1cc(Nc2ncc3c(n2)CNC3)ccc1F.Cl. The van der Waals surface area contributed by atoms with Crippen LogP contribution in [-0.4, -0.2) is 9.97 Å². The molecule has 0 bridgehead atoms. The Morgan fingerprint density at radius 3 is 2.95 bits per heavy atom. The molecule has 0 unspecified atom stereocenters. The van der Waals surface area contributed by atoms with Gasteiger partial charge in [-0.15, -0.1) is 12.4 Å². The van der Waals surface area contributed by atoms with Crippen LogP contribution >= 0.6 is 12.4 Å². The van der Waals surface area contributed by atoms with Crippen molar-refractivity contribution < 1.29 is 4.39 Å². The molecule has 0 spiro atoms. The van der Waals surface area contributed by atoms with E-state index in [1.54, 1.807) is 19.1 Å². The van der Waals surface area contributed by atoms with Gasteiger partial charge in [-0.25, -0.2) is 14.4 Å². The third-order valence-corrected chi connectivity index (χ3v) is 2.98. The minimum absolute atomic E-state index is 0. The first-order valence-corrected chi connectivity index (χ1v) is 5.81. The Morgan fingerprint density at radius 2 is 2.16 bits per heavy atom. The van der Waals surface area contributed by atoms with Crippen molar-refractivity contribution in [2.24, 2.45) is 0 Å². The fourth-order valence-electron chi connectivity index (χ4n) is 1.97. The summed E-state index contributed by atoms with van der Waals surface area (Å²) < 4.78 is 13.2. The van der Waals surface area contributed by atoms with Gasteiger partial charge in [-0.2, -0.15) is 0 Å². The quantitative estimate of drug-likeness (QED) is 0.888. The highest BCUT2D eigenvalue weighted by molar-refractivity contribution is 5.85. The summed E-state index contributed by atoms with van der Waals surface area (Å²) in [6.07, 6.45) is 1.82. The lowest BCUT2D eigenvalue weighted by Gasteiger charge is -2.07. The minimum atomic E-state index is -0.209. The van der Waals surface area contributed by atoms with Crippen molar-refractivity contribution in [1.29, 1.82) is 0 Å². The molecule has 0 saturated heterocycles. The summed E-state index contributed by atoms with van der Waals surface area (Å²) >= 11 is 0. The highest BCUT2D eigenvalue weighted by Crippen LogP contribution is 2.19. The molecule has 100 valence electrons. The van der Waals surface area contributed by atoms with E-state index < -0.39 is 0 Å². The molecule has 1 aromatic carbocycles. The van der Waals surface area contributed by atoms with Gasteiger partial charge >= 0.3 is 0 Å². The second kappa shape index (κ2) is 5.50. The van der Waals surface area contributed by atoms with Crippen molar-refractivity contribution in [2.75, 3.05) is 5.32 Å². The van der Waals surface area contributed by atoms with Gasteiger partial charge in [0.2, 0.25) is 5.95 Å². The summed E-state index contributed by atoms with van der Waals surface area (Å²) in [6.45, 7) is 3.33. The van der Waals surface area contributed by atoms with Crippen LogP contribution in [0, 0.1) is 12.7 Å². The molecular formula is C13H14ClFN4. The number of rotatable bonds is 2. The second-order valence-corrected chi connectivity index (χ2v) is 4.36. The molecule has 4 nitrogen and oxygen atoms in total. The van der Waals surface area contributed by atoms with Gasteiger partial charge in [0.1, 0.15) is 5.82 Å². The number of aromatic nitrogens is 2. The van der Waals surface area contributed by atoms with E-state index in [-0.39, 0.29) is 18.2 Å². The van der Waals surface area contributed by atoms with Crippen LogP contribution in [0.3, 0.4) is 0 Å². The first-order chi connectivity index (χ1) is 8.72. The lowest BCUT2D eigenvalue weighted by Crippen LogP contribution is -2.02. The number of fused-ring (bicyclic) bond motifs is 1. The molecule has 0 fully saturated rings. The number of halogens is 2. The molecule has 2 aromatic rings. The Balaban J connectivity index is 0.00000133. The van der Waals surface area contributed by atoms with Gasteiger partial charge in [0.05, 0.1) is 5.69 Å². The van der Waals surface area contributed by atoms with E-state index in [4.69, 9.17) is 0 Å². The van der Waals surface area contributed by atoms with Crippen LogP contribution in [0.5, 0.6) is 0 Å². The molecular weight excluding hydrogens is 267 g/mol. The van der Waals surface area contributed by atoms with Gasteiger partial charge in [0.25, 0.3) is 0 Å². The van der Waals surface area contributed by atoms with E-state index in [0.29, 0.717) is 11.5 Å². The van der Waals surface area contributed by atoms with Crippen LogP contribution in [0.1, 0.15) is 16.8 Å². The number of hydrogen-bond acceptors (Lipinski definition) is 4. The first kappa shape index (κ1) is 13.7. The van der Waals surface area contributed by atoms with E-state index in [1.165, 1.54) is 6.07 Å². The van der Waals surface area contributed by atoms with Crippen molar-refractivity contribution >= 4 is 24.0 Å². The third kappa shape index (κ3) is 2.83. The average molecular weight is 281 g/mol. The summed E-state index contributed by atoms with van der Waals surface area (Å²) in [6, 6.07) is 4.86. The molecule has 1 aliphatic heterocycles.